The fraction of sp³-hybridized carbons (Fsp3) is 0.361. The third kappa shape index (κ3) is 16.9. The van der Waals surface area contributed by atoms with E-state index in [1.54, 1.807) is 24.3 Å². The molecular formula is C97H100N10O12. The van der Waals surface area contributed by atoms with Crippen molar-refractivity contribution in [2.24, 2.45) is 0 Å². The molecule has 22 nitrogen and oxygen atoms in total. The fourth-order valence-corrected chi connectivity index (χ4v) is 19.6. The van der Waals surface area contributed by atoms with Crippen LogP contribution in [0.15, 0.2) is 212 Å². The number of amides is 8. The second-order valence-electron chi connectivity index (χ2n) is 33.4. The number of likely N-dealkylation sites (tertiary alicyclic amines) is 2. The molecule has 3 N–H and O–H groups in total. The molecule has 0 saturated carbocycles. The van der Waals surface area contributed by atoms with Crippen molar-refractivity contribution in [2.75, 3.05) is 115 Å². The molecule has 0 radical (unpaired) electrons. The number of anilines is 2. The Bertz CT molecular complexity index is 5280. The number of aryl methyl sites for hydroxylation is 2. The van der Waals surface area contributed by atoms with Crippen LogP contribution in [-0.2, 0) is 38.6 Å². The number of nitrogens with zero attached hydrogens (tertiary/aromatic N) is 8. The summed E-state index contributed by atoms with van der Waals surface area (Å²) in [6, 6.07) is 70.9. The molecule has 9 aromatic carbocycles. The van der Waals surface area contributed by atoms with Crippen LogP contribution in [0.4, 0.5) is 11.4 Å². The quantitative estimate of drug-likeness (QED) is 0.0505. The van der Waals surface area contributed by atoms with Crippen LogP contribution in [-0.4, -0.2) is 211 Å². The first-order valence-electron chi connectivity index (χ1n) is 42.5. The number of hydrogen-bond acceptors (Lipinski definition) is 18. The van der Waals surface area contributed by atoms with Gasteiger partial charge in [0.2, 0.25) is 23.6 Å². The summed E-state index contributed by atoms with van der Waals surface area (Å²) in [5.41, 5.74) is 14.8. The van der Waals surface area contributed by atoms with Gasteiger partial charge in [-0.3, -0.25) is 78.4 Å². The van der Waals surface area contributed by atoms with Gasteiger partial charge in [-0.25, -0.2) is 0 Å². The van der Waals surface area contributed by atoms with Crippen molar-refractivity contribution in [1.29, 1.82) is 0 Å². The van der Waals surface area contributed by atoms with E-state index in [-0.39, 0.29) is 61.5 Å². The van der Waals surface area contributed by atoms with E-state index in [4.69, 9.17) is 14.2 Å². The Morgan fingerprint density at radius 2 is 0.765 bits per heavy atom. The van der Waals surface area contributed by atoms with E-state index in [1.165, 1.54) is 50.1 Å². The second kappa shape index (κ2) is 34.6. The highest BCUT2D eigenvalue weighted by Gasteiger charge is 2.47. The lowest BCUT2D eigenvalue weighted by molar-refractivity contribution is -0.137. The van der Waals surface area contributed by atoms with E-state index in [1.807, 2.05) is 42.5 Å². The van der Waals surface area contributed by atoms with Gasteiger partial charge in [-0.2, -0.15) is 0 Å². The number of fused-ring (bicyclic) bond motifs is 4. The van der Waals surface area contributed by atoms with Crippen molar-refractivity contribution < 1.29 is 57.7 Å². The molecule has 8 amide bonds. The van der Waals surface area contributed by atoms with Gasteiger partial charge in [0, 0.05) is 115 Å². The maximum Gasteiger partial charge on any atom is 0.262 e. The number of rotatable bonds is 23. The summed E-state index contributed by atoms with van der Waals surface area (Å²) in [7, 11) is 0. The monoisotopic (exact) mass is 1600 g/mol. The molecule has 119 heavy (non-hydrogen) atoms. The molecule has 10 aliphatic rings. The zero-order valence-corrected chi connectivity index (χ0v) is 66.9. The summed E-state index contributed by atoms with van der Waals surface area (Å²) >= 11 is 0. The number of benzene rings is 9. The molecule has 6 saturated heterocycles. The van der Waals surface area contributed by atoms with E-state index in [0.29, 0.717) is 46.4 Å². The van der Waals surface area contributed by atoms with Gasteiger partial charge in [0.05, 0.1) is 22.3 Å². The van der Waals surface area contributed by atoms with Gasteiger partial charge in [-0.1, -0.05) is 127 Å². The first-order valence-corrected chi connectivity index (χ1v) is 42.5. The molecule has 2 aliphatic carbocycles. The molecule has 0 spiro atoms. The lowest BCUT2D eigenvalue weighted by Gasteiger charge is -2.40. The summed E-state index contributed by atoms with van der Waals surface area (Å²) in [5.74, 6) is 0.425. The molecule has 2 unspecified atom stereocenters. The van der Waals surface area contributed by atoms with Crippen LogP contribution < -0.4 is 34.6 Å². The molecule has 610 valence electrons. The first-order chi connectivity index (χ1) is 58.1. The number of carbonyl (C=O) groups excluding carboxylic acids is 8. The van der Waals surface area contributed by atoms with Gasteiger partial charge in [0.1, 0.15) is 53.9 Å². The standard InChI is InChI=1S/C52H53N5O6.C45H47N5O6/c58-48-23-22-47(50(59)53-48)57-51(60)45-20-15-39(31-46(45)52(57)61)56-28-26-54(27-29-56)24-7-25-55-32-42(33-55)63-40-16-12-37(13-17-40)49-43(36-10-5-2-6-11-36)19-14-38-30-41(18-21-44(38)49)62-34-35-8-3-1-4-9-35;51-33-11-16-37-31(25-33)9-14-36(29-5-2-1-3-6-29)42(37)30-7-12-34(13-8-30)56-35-27-48(28-35)20-4-19-47-21-23-49(24-22-47)32-10-15-38-39(26-32)45(55)50(44(38)54)40-17-18-41(52)46-43(40)53/h1-6,8-13,15-18,20-21,30-31,42-43,47,49H,7,14,19,22-29,32-34H2,(H,53,58,59);1-3,5-8,10-13,15-16,25-26,35-36,40,42,51H,4,9,14,17-24,27-28H2,(H,46,52,53)/t43-,47?,49+;36-,40?,42+/m11/s1. The predicted octanol–water partition coefficient (Wildman–Crippen LogP) is 11.7. The molecule has 6 fully saturated rings. The summed E-state index contributed by atoms with van der Waals surface area (Å²) in [4.78, 5) is 117. The summed E-state index contributed by atoms with van der Waals surface area (Å²) in [6.07, 6.45) is 7.12. The average molecular weight is 1600 g/mol. The fourth-order valence-electron chi connectivity index (χ4n) is 19.6. The molecule has 22 heteroatoms. The van der Waals surface area contributed by atoms with Crippen LogP contribution in [0.2, 0.25) is 0 Å². The van der Waals surface area contributed by atoms with E-state index in [9.17, 15) is 43.5 Å². The third-order valence-electron chi connectivity index (χ3n) is 26.0. The summed E-state index contributed by atoms with van der Waals surface area (Å²) in [6.45, 7) is 15.3. The Hall–Kier alpha value is -11.8. The number of piperidine rings is 2. The molecule has 0 aromatic heterocycles. The Kier molecular flexibility index (Phi) is 22.8. The first kappa shape index (κ1) is 78.4. The zero-order valence-electron chi connectivity index (χ0n) is 66.9. The van der Waals surface area contributed by atoms with Crippen molar-refractivity contribution in [2.45, 2.75) is 119 Å². The van der Waals surface area contributed by atoms with Gasteiger partial charge >= 0.3 is 0 Å². The highest BCUT2D eigenvalue weighted by molar-refractivity contribution is 6.25. The van der Waals surface area contributed by atoms with Crippen LogP contribution in [0.1, 0.15) is 167 Å². The van der Waals surface area contributed by atoms with Crippen molar-refractivity contribution in [3.8, 4) is 23.0 Å². The van der Waals surface area contributed by atoms with E-state index in [0.717, 1.165) is 182 Å². The Morgan fingerprint density at radius 3 is 1.21 bits per heavy atom. The Labute approximate surface area is 693 Å². The van der Waals surface area contributed by atoms with Gasteiger partial charge < -0.3 is 29.1 Å². The van der Waals surface area contributed by atoms with Crippen LogP contribution in [0.25, 0.3) is 0 Å². The largest absolute Gasteiger partial charge is 0.508 e. The number of hydrogen-bond donors (Lipinski definition) is 3. The van der Waals surface area contributed by atoms with Crippen molar-refractivity contribution in [1.82, 2.24) is 40.0 Å². The van der Waals surface area contributed by atoms with E-state index < -0.39 is 47.5 Å². The molecule has 9 aromatic rings. The van der Waals surface area contributed by atoms with Crippen molar-refractivity contribution in [3.63, 3.8) is 0 Å². The maximum atomic E-state index is 13.3. The third-order valence-corrected chi connectivity index (χ3v) is 26.0. The highest BCUT2D eigenvalue weighted by atomic mass is 16.5. The van der Waals surface area contributed by atoms with Crippen molar-refractivity contribution >= 4 is 58.6 Å². The average Bonchev–Trinajstić information content (AvgIpc) is 1.71. The molecular weight excluding hydrogens is 1500 g/mol. The predicted molar refractivity (Wildman–Crippen MR) is 451 cm³/mol. The zero-order chi connectivity index (χ0) is 81.2. The SMILES string of the molecule is O=C1CCC(N2C(=O)c3ccc(N4CCN(CCCN5CC(Oc6ccc([C@@H]7c8ccc(O)cc8CC[C@@H]7c7ccccc7)cc6)C5)CC4)cc3C2=O)C(=O)N1.O=C1CCC(N2C(=O)c3ccc(N4CCN(CCCN5CC(Oc6ccc([C@@H]7c8ccc(OCc9ccccc9)cc8CC[C@@H]7c7ccccc7)cc6)C5)CC4)cc3C2=O)C(=O)N1. The number of imide groups is 4. The number of phenolic OH excluding ortho intramolecular Hbond substituents is 1. The lowest BCUT2D eigenvalue weighted by Crippen LogP contribution is -2.54. The molecule has 8 heterocycles. The molecule has 6 atom stereocenters. The Morgan fingerprint density at radius 1 is 0.361 bits per heavy atom. The minimum Gasteiger partial charge on any atom is -0.508 e. The number of ether oxygens (including phenoxy) is 3. The Balaban J connectivity index is 0.000000165. The number of carbonyl (C=O) groups is 8. The molecule has 8 aliphatic heterocycles. The van der Waals surface area contributed by atoms with Crippen molar-refractivity contribution in [3.05, 3.63) is 285 Å². The molecule has 0 bridgehead atoms. The maximum absolute atomic E-state index is 13.3. The van der Waals surface area contributed by atoms with Gasteiger partial charge in [0.25, 0.3) is 23.6 Å². The van der Waals surface area contributed by atoms with E-state index in [2.05, 4.69) is 186 Å². The van der Waals surface area contributed by atoms with Gasteiger partial charge in [-0.15, -0.1) is 0 Å². The van der Waals surface area contributed by atoms with Crippen LogP contribution in [0.5, 0.6) is 23.0 Å². The number of aromatic hydroxyl groups is 1. The number of piperazine rings is 2. The van der Waals surface area contributed by atoms with E-state index >= 15 is 0 Å². The number of phenols is 1. The second-order valence-corrected chi connectivity index (χ2v) is 33.4. The van der Waals surface area contributed by atoms with Gasteiger partial charge in [0.15, 0.2) is 0 Å². The van der Waals surface area contributed by atoms with Crippen LogP contribution in [0.3, 0.4) is 0 Å². The van der Waals surface area contributed by atoms with Crippen LogP contribution >= 0.6 is 0 Å². The smallest absolute Gasteiger partial charge is 0.262 e. The normalized spacial score (nSPS) is 22.4. The molecule has 19 rings (SSSR count). The highest BCUT2D eigenvalue weighted by Crippen LogP contribution is 2.50. The summed E-state index contributed by atoms with van der Waals surface area (Å²) < 4.78 is 19.1. The lowest BCUT2D eigenvalue weighted by atomic mass is 9.69. The van der Waals surface area contributed by atoms with Crippen LogP contribution in [0, 0.1) is 0 Å². The number of nitrogens with one attached hydrogen (secondary N) is 2. The van der Waals surface area contributed by atoms with Gasteiger partial charge in [-0.05, 0) is 224 Å². The minimum atomic E-state index is -0.961. The minimum absolute atomic E-state index is 0.101. The summed E-state index contributed by atoms with van der Waals surface area (Å²) in [5, 5.41) is 14.7. The topological polar surface area (TPSA) is 234 Å².